The Morgan fingerprint density at radius 3 is 2.83 bits per heavy atom. The minimum Gasteiger partial charge on any atom is -0.497 e. The smallest absolute Gasteiger partial charge is 0.248 e. The lowest BCUT2D eigenvalue weighted by Gasteiger charge is -2.36. The maximum Gasteiger partial charge on any atom is 0.248 e. The Kier molecular flexibility index (Phi) is 5.58. The van der Waals surface area contributed by atoms with Gasteiger partial charge in [0.15, 0.2) is 0 Å². The number of likely N-dealkylation sites (N-methyl/N-ethyl adjacent to an activating group) is 1. The lowest BCUT2D eigenvalue weighted by molar-refractivity contribution is -0.146. The van der Waals surface area contributed by atoms with Crippen molar-refractivity contribution in [3.05, 3.63) is 24.3 Å². The van der Waals surface area contributed by atoms with Crippen molar-refractivity contribution in [3.8, 4) is 5.75 Å². The molecule has 2 saturated heterocycles. The van der Waals surface area contributed by atoms with E-state index in [9.17, 15) is 4.79 Å². The van der Waals surface area contributed by atoms with E-state index in [1.54, 1.807) is 12.0 Å². The third kappa shape index (κ3) is 4.19. The average Bonchev–Trinajstić information content (AvgIpc) is 2.63. The molecule has 6 nitrogen and oxygen atoms in total. The molecular weight excluding hydrogens is 306 g/mol. The zero-order valence-corrected chi connectivity index (χ0v) is 14.5. The highest BCUT2D eigenvalue weighted by atomic mass is 16.5. The first-order chi connectivity index (χ1) is 11.7. The lowest BCUT2D eigenvalue weighted by Crippen LogP contribution is -2.51. The van der Waals surface area contributed by atoms with E-state index in [4.69, 9.17) is 9.47 Å². The fourth-order valence-corrected chi connectivity index (χ4v) is 3.33. The van der Waals surface area contributed by atoms with Crippen molar-refractivity contribution in [2.24, 2.45) is 0 Å². The van der Waals surface area contributed by atoms with Crippen LogP contribution < -0.4 is 15.0 Å². The maximum atomic E-state index is 11.4. The number of amides is 1. The second kappa shape index (κ2) is 7.85. The van der Waals surface area contributed by atoms with Crippen LogP contribution in [0.15, 0.2) is 24.3 Å². The van der Waals surface area contributed by atoms with Crippen molar-refractivity contribution in [2.45, 2.75) is 25.0 Å². The van der Waals surface area contributed by atoms with E-state index in [1.807, 2.05) is 19.2 Å². The summed E-state index contributed by atoms with van der Waals surface area (Å²) in [6, 6.07) is 8.76. The third-order valence-corrected chi connectivity index (χ3v) is 4.89. The van der Waals surface area contributed by atoms with Crippen LogP contribution in [0, 0.1) is 0 Å². The number of nitrogens with zero attached hydrogens (tertiary/aromatic N) is 2. The fraction of sp³-hybridized carbons (Fsp3) is 0.611. The molecule has 0 aromatic heterocycles. The zero-order chi connectivity index (χ0) is 16.9. The molecule has 2 heterocycles. The highest BCUT2D eigenvalue weighted by Crippen LogP contribution is 2.24. The molecule has 6 heteroatoms. The van der Waals surface area contributed by atoms with E-state index in [1.165, 1.54) is 5.69 Å². The van der Waals surface area contributed by atoms with Gasteiger partial charge in [-0.2, -0.15) is 0 Å². The van der Waals surface area contributed by atoms with E-state index in [0.717, 1.165) is 38.2 Å². The summed E-state index contributed by atoms with van der Waals surface area (Å²) in [6.07, 6.45) is 2.32. The number of nitrogens with one attached hydrogen (secondary N) is 1. The second-order valence-corrected chi connectivity index (χ2v) is 6.58. The Hall–Kier alpha value is -1.79. The number of methoxy groups -OCH3 is 1. The van der Waals surface area contributed by atoms with Gasteiger partial charge in [0, 0.05) is 51.0 Å². The molecule has 2 aliphatic rings. The van der Waals surface area contributed by atoms with Crippen LogP contribution in [0.25, 0.3) is 0 Å². The van der Waals surface area contributed by atoms with Gasteiger partial charge in [-0.25, -0.2) is 0 Å². The van der Waals surface area contributed by atoms with E-state index < -0.39 is 0 Å². The largest absolute Gasteiger partial charge is 0.497 e. The first kappa shape index (κ1) is 17.0. The highest BCUT2D eigenvalue weighted by Gasteiger charge is 2.25. The molecule has 2 fully saturated rings. The van der Waals surface area contributed by atoms with Crippen molar-refractivity contribution in [3.63, 3.8) is 0 Å². The topological polar surface area (TPSA) is 54.0 Å². The number of rotatable bonds is 5. The first-order valence-electron chi connectivity index (χ1n) is 8.63. The molecule has 1 N–H and O–H groups in total. The molecule has 1 aromatic rings. The number of hydrogen-bond donors (Lipinski definition) is 1. The number of morpholine rings is 1. The van der Waals surface area contributed by atoms with Crippen molar-refractivity contribution >= 4 is 11.6 Å². The van der Waals surface area contributed by atoms with Crippen LogP contribution in [0.4, 0.5) is 5.69 Å². The Morgan fingerprint density at radius 2 is 2.12 bits per heavy atom. The second-order valence-electron chi connectivity index (χ2n) is 6.58. The zero-order valence-electron chi connectivity index (χ0n) is 14.5. The quantitative estimate of drug-likeness (QED) is 0.875. The molecule has 3 rings (SSSR count). The van der Waals surface area contributed by atoms with E-state index in [-0.39, 0.29) is 18.6 Å². The van der Waals surface area contributed by atoms with Crippen LogP contribution in [0.3, 0.4) is 0 Å². The monoisotopic (exact) mass is 333 g/mol. The minimum atomic E-state index is 0.0675. The maximum absolute atomic E-state index is 11.4. The summed E-state index contributed by atoms with van der Waals surface area (Å²) >= 11 is 0. The molecular formula is C18H27N3O3. The SMILES string of the molecule is COc1cccc(N2CCC(NC[C@H]3CN(C)C(=O)CO3)CC2)c1. The van der Waals surface area contributed by atoms with Crippen LogP contribution in [-0.2, 0) is 9.53 Å². The van der Waals surface area contributed by atoms with Gasteiger partial charge in [0.25, 0.3) is 0 Å². The van der Waals surface area contributed by atoms with E-state index in [0.29, 0.717) is 12.6 Å². The van der Waals surface area contributed by atoms with Crippen LogP contribution in [0.2, 0.25) is 0 Å². The normalized spacial score (nSPS) is 22.8. The van der Waals surface area contributed by atoms with Gasteiger partial charge >= 0.3 is 0 Å². The summed E-state index contributed by atoms with van der Waals surface area (Å²) in [5.41, 5.74) is 1.23. The van der Waals surface area contributed by atoms with Crippen molar-refractivity contribution in [2.75, 3.05) is 51.8 Å². The lowest BCUT2D eigenvalue weighted by atomic mass is 10.0. The molecule has 1 amide bonds. The Morgan fingerprint density at radius 1 is 1.33 bits per heavy atom. The summed E-state index contributed by atoms with van der Waals surface area (Å²) < 4.78 is 10.9. The fourth-order valence-electron chi connectivity index (χ4n) is 3.33. The van der Waals surface area contributed by atoms with Gasteiger partial charge in [0.05, 0.1) is 13.2 Å². The van der Waals surface area contributed by atoms with Crippen molar-refractivity contribution in [1.29, 1.82) is 0 Å². The van der Waals surface area contributed by atoms with E-state index >= 15 is 0 Å². The van der Waals surface area contributed by atoms with Gasteiger partial charge in [0.2, 0.25) is 5.91 Å². The number of carbonyl (C=O) groups excluding carboxylic acids is 1. The minimum absolute atomic E-state index is 0.0675. The number of carbonyl (C=O) groups is 1. The predicted molar refractivity (Wildman–Crippen MR) is 93.6 cm³/mol. The standard InChI is InChI=1S/C18H27N3O3/c1-20-12-17(24-13-18(20)22)11-19-14-6-8-21(9-7-14)15-4-3-5-16(10-15)23-2/h3-5,10,14,17,19H,6-9,11-13H2,1-2H3/t17-/m0/s1. The van der Waals surface area contributed by atoms with Crippen LogP contribution >= 0.6 is 0 Å². The van der Waals surface area contributed by atoms with Gasteiger partial charge in [-0.05, 0) is 25.0 Å². The summed E-state index contributed by atoms with van der Waals surface area (Å²) in [7, 11) is 3.54. The molecule has 24 heavy (non-hydrogen) atoms. The molecule has 0 spiro atoms. The molecule has 132 valence electrons. The van der Waals surface area contributed by atoms with Gasteiger partial charge < -0.3 is 24.6 Å². The van der Waals surface area contributed by atoms with Gasteiger partial charge in [-0.1, -0.05) is 6.07 Å². The molecule has 0 radical (unpaired) electrons. The van der Waals surface area contributed by atoms with Gasteiger partial charge in [0.1, 0.15) is 12.4 Å². The molecule has 0 bridgehead atoms. The number of piperidine rings is 1. The Bertz CT molecular complexity index is 558. The van der Waals surface area contributed by atoms with Crippen LogP contribution in [0.1, 0.15) is 12.8 Å². The number of benzene rings is 1. The average molecular weight is 333 g/mol. The molecule has 0 saturated carbocycles. The van der Waals surface area contributed by atoms with Crippen LogP contribution in [-0.4, -0.2) is 69.9 Å². The summed E-state index contributed by atoms with van der Waals surface area (Å²) in [6.45, 7) is 3.76. The van der Waals surface area contributed by atoms with E-state index in [2.05, 4.69) is 22.3 Å². The number of anilines is 1. The number of ether oxygens (including phenoxy) is 2. The van der Waals surface area contributed by atoms with Crippen molar-refractivity contribution in [1.82, 2.24) is 10.2 Å². The number of hydrogen-bond acceptors (Lipinski definition) is 5. The Labute approximate surface area is 143 Å². The van der Waals surface area contributed by atoms with Crippen molar-refractivity contribution < 1.29 is 14.3 Å². The molecule has 0 aliphatic carbocycles. The van der Waals surface area contributed by atoms with Gasteiger partial charge in [-0.3, -0.25) is 4.79 Å². The molecule has 0 unspecified atom stereocenters. The molecule has 1 atom stereocenters. The molecule has 1 aromatic carbocycles. The molecule has 2 aliphatic heterocycles. The highest BCUT2D eigenvalue weighted by molar-refractivity contribution is 5.77. The summed E-state index contributed by atoms with van der Waals surface area (Å²) in [5.74, 6) is 0.971. The first-order valence-corrected chi connectivity index (χ1v) is 8.63. The third-order valence-electron chi connectivity index (χ3n) is 4.89. The van der Waals surface area contributed by atoms with Crippen LogP contribution in [0.5, 0.6) is 5.75 Å². The predicted octanol–water partition coefficient (Wildman–Crippen LogP) is 1.11. The Balaban J connectivity index is 1.43. The summed E-state index contributed by atoms with van der Waals surface area (Å²) in [5, 5.41) is 3.61. The van der Waals surface area contributed by atoms with Gasteiger partial charge in [-0.15, -0.1) is 0 Å². The summed E-state index contributed by atoms with van der Waals surface area (Å²) in [4.78, 5) is 15.6.